The summed E-state index contributed by atoms with van der Waals surface area (Å²) in [7, 11) is 0. The second-order valence-corrected chi connectivity index (χ2v) is 2.50. The Morgan fingerprint density at radius 3 is 1.80 bits per heavy atom. The highest BCUT2D eigenvalue weighted by Gasteiger charge is 2.29. The number of hydrogen-bond acceptors (Lipinski definition) is 2. The highest BCUT2D eigenvalue weighted by Crippen LogP contribution is 2.22. The van der Waals surface area contributed by atoms with Crippen molar-refractivity contribution < 1.29 is 9.59 Å². The van der Waals surface area contributed by atoms with Gasteiger partial charge in [0.25, 0.3) is 16.8 Å². The molecule has 53 valence electrons. The molecule has 3 nitrogen and oxygen atoms in total. The van der Waals surface area contributed by atoms with Gasteiger partial charge < -0.3 is 0 Å². The fraction of sp³-hybridized carbons (Fsp3) is 0. The third-order valence-corrected chi connectivity index (χ3v) is 1.32. The van der Waals surface area contributed by atoms with Crippen molar-refractivity contribution in [3.8, 4) is 0 Å². The van der Waals surface area contributed by atoms with Crippen LogP contribution in [0.2, 0.25) is 0 Å². The Morgan fingerprint density at radius 2 is 1.60 bits per heavy atom. The quantitative estimate of drug-likeness (QED) is 0.441. The summed E-state index contributed by atoms with van der Waals surface area (Å²) in [6.07, 6.45) is 2.21. The molecule has 10 heavy (non-hydrogen) atoms. The van der Waals surface area contributed by atoms with Crippen molar-refractivity contribution in [1.82, 2.24) is 4.90 Å². The molecule has 0 aromatic rings. The molecule has 2 amide bonds. The summed E-state index contributed by atoms with van der Waals surface area (Å²) in [6.45, 7) is 0. The molecule has 0 aromatic carbocycles. The van der Waals surface area contributed by atoms with Crippen molar-refractivity contribution in [2.45, 2.75) is 0 Å². The van der Waals surface area contributed by atoms with Crippen LogP contribution in [0.5, 0.6) is 0 Å². The van der Waals surface area contributed by atoms with E-state index in [4.69, 9.17) is 23.2 Å². The van der Waals surface area contributed by atoms with E-state index < -0.39 is 11.8 Å². The van der Waals surface area contributed by atoms with E-state index in [0.717, 1.165) is 12.2 Å². The molecule has 1 aliphatic rings. The smallest absolute Gasteiger partial charge is 0.256 e. The second kappa shape index (κ2) is 2.60. The molecular formula is C5H2Cl2NO2. The van der Waals surface area contributed by atoms with Crippen molar-refractivity contribution in [2.75, 3.05) is 0 Å². The molecule has 1 radical (unpaired) electrons. The predicted molar refractivity (Wildman–Crippen MR) is 35.9 cm³/mol. The average Bonchev–Trinajstić information content (AvgIpc) is 2.11. The zero-order valence-electron chi connectivity index (χ0n) is 4.67. The molecule has 1 aliphatic heterocycles. The summed E-state index contributed by atoms with van der Waals surface area (Å²) in [5, 5.41) is 0. The monoisotopic (exact) mass is 178 g/mol. The van der Waals surface area contributed by atoms with Gasteiger partial charge in [0, 0.05) is 12.2 Å². The van der Waals surface area contributed by atoms with E-state index in [1.165, 1.54) is 0 Å². The van der Waals surface area contributed by atoms with Gasteiger partial charge in [0.1, 0.15) is 0 Å². The van der Waals surface area contributed by atoms with Crippen LogP contribution in [-0.2, 0) is 9.59 Å². The van der Waals surface area contributed by atoms with E-state index in [-0.39, 0.29) is 4.96 Å². The van der Waals surface area contributed by atoms with E-state index in [1.54, 1.807) is 0 Å². The molecule has 1 heterocycles. The molecule has 0 N–H and O–H groups in total. The van der Waals surface area contributed by atoms with Crippen molar-refractivity contribution >= 4 is 35.0 Å². The summed E-state index contributed by atoms with van der Waals surface area (Å²) in [6, 6.07) is 0. The molecule has 0 bridgehead atoms. The summed E-state index contributed by atoms with van der Waals surface area (Å²) in [5.41, 5.74) is 0. The first-order valence-electron chi connectivity index (χ1n) is 2.37. The van der Waals surface area contributed by atoms with Crippen LogP contribution in [0, 0.1) is 4.96 Å². The standard InChI is InChI=1S/C5H2Cl2NO2/c6-5(7)8-3(9)1-2-4(8)10/h1-2H. The molecule has 0 fully saturated rings. The number of hydrogen-bond donors (Lipinski definition) is 0. The first kappa shape index (κ1) is 7.57. The maximum atomic E-state index is 10.7. The normalized spacial score (nSPS) is 17.7. The molecule has 0 aliphatic carbocycles. The van der Waals surface area contributed by atoms with E-state index in [2.05, 4.69) is 0 Å². The highest BCUT2D eigenvalue weighted by molar-refractivity contribution is 6.54. The Kier molecular flexibility index (Phi) is 1.97. The first-order valence-corrected chi connectivity index (χ1v) is 3.12. The van der Waals surface area contributed by atoms with Gasteiger partial charge in [-0.25, -0.2) is 4.90 Å². The number of carbonyl (C=O) groups excluding carboxylic acids is 2. The van der Waals surface area contributed by atoms with Crippen LogP contribution in [-0.4, -0.2) is 16.7 Å². The summed E-state index contributed by atoms with van der Waals surface area (Å²) in [4.78, 5) is 21.6. The molecule has 0 saturated carbocycles. The summed E-state index contributed by atoms with van der Waals surface area (Å²) in [5.74, 6) is -1.02. The molecule has 0 atom stereocenters. The lowest BCUT2D eigenvalue weighted by Crippen LogP contribution is -2.28. The van der Waals surface area contributed by atoms with Crippen molar-refractivity contribution in [3.63, 3.8) is 0 Å². The third-order valence-electron chi connectivity index (χ3n) is 0.978. The van der Waals surface area contributed by atoms with Crippen molar-refractivity contribution in [1.29, 1.82) is 0 Å². The first-order chi connectivity index (χ1) is 4.63. The van der Waals surface area contributed by atoms with E-state index in [1.807, 2.05) is 0 Å². The Balaban J connectivity index is 2.79. The molecule has 5 heteroatoms. The van der Waals surface area contributed by atoms with E-state index in [9.17, 15) is 9.59 Å². The van der Waals surface area contributed by atoms with Gasteiger partial charge in [0.15, 0.2) is 0 Å². The fourth-order valence-electron chi connectivity index (χ4n) is 0.567. The largest absolute Gasteiger partial charge is 0.269 e. The number of amides is 2. The zero-order valence-corrected chi connectivity index (χ0v) is 6.19. The Morgan fingerprint density at radius 1 is 1.20 bits per heavy atom. The number of rotatable bonds is 1. The lowest BCUT2D eigenvalue weighted by molar-refractivity contribution is -0.134. The predicted octanol–water partition coefficient (Wildman–Crippen LogP) is 0.836. The van der Waals surface area contributed by atoms with Crippen LogP contribution in [0.1, 0.15) is 0 Å². The van der Waals surface area contributed by atoms with Crippen LogP contribution in [0.3, 0.4) is 0 Å². The molecule has 0 aromatic heterocycles. The number of halogens is 2. The number of imide groups is 1. The lowest BCUT2D eigenvalue weighted by atomic mass is 10.6. The van der Waals surface area contributed by atoms with Gasteiger partial charge in [-0.1, -0.05) is 23.2 Å². The Labute approximate surface area is 67.2 Å². The van der Waals surface area contributed by atoms with Crippen LogP contribution < -0.4 is 0 Å². The molecule has 0 spiro atoms. The van der Waals surface area contributed by atoms with Gasteiger partial charge in [-0.2, -0.15) is 0 Å². The van der Waals surface area contributed by atoms with Gasteiger partial charge in [-0.15, -0.1) is 0 Å². The fourth-order valence-corrected chi connectivity index (χ4v) is 0.900. The second-order valence-electron chi connectivity index (χ2n) is 1.59. The van der Waals surface area contributed by atoms with E-state index >= 15 is 0 Å². The summed E-state index contributed by atoms with van der Waals surface area (Å²) >= 11 is 10.4. The average molecular weight is 179 g/mol. The number of nitrogens with zero attached hydrogens (tertiary/aromatic N) is 1. The minimum Gasteiger partial charge on any atom is -0.269 e. The zero-order chi connectivity index (χ0) is 7.72. The van der Waals surface area contributed by atoms with Gasteiger partial charge in [-0.3, -0.25) is 9.59 Å². The van der Waals surface area contributed by atoms with Gasteiger partial charge in [0.2, 0.25) is 0 Å². The van der Waals surface area contributed by atoms with Gasteiger partial charge in [0.05, 0.1) is 0 Å². The maximum Gasteiger partial charge on any atom is 0.256 e. The van der Waals surface area contributed by atoms with Crippen LogP contribution in [0.15, 0.2) is 12.2 Å². The lowest BCUT2D eigenvalue weighted by Gasteiger charge is -2.11. The minimum atomic E-state index is -0.509. The van der Waals surface area contributed by atoms with E-state index in [0.29, 0.717) is 4.90 Å². The topological polar surface area (TPSA) is 37.4 Å². The molecular weight excluding hydrogens is 177 g/mol. The maximum absolute atomic E-state index is 10.7. The minimum absolute atomic E-state index is 0.347. The van der Waals surface area contributed by atoms with Gasteiger partial charge in [-0.05, 0) is 0 Å². The summed E-state index contributed by atoms with van der Waals surface area (Å²) < 4.78 is 0. The van der Waals surface area contributed by atoms with Crippen LogP contribution in [0.25, 0.3) is 0 Å². The van der Waals surface area contributed by atoms with Crippen molar-refractivity contribution in [2.24, 2.45) is 0 Å². The third kappa shape index (κ3) is 1.15. The molecule has 0 unspecified atom stereocenters. The molecule has 1 rings (SSSR count). The Hall–Kier alpha value is -0.540. The van der Waals surface area contributed by atoms with Crippen molar-refractivity contribution in [3.05, 3.63) is 17.1 Å². The van der Waals surface area contributed by atoms with Crippen LogP contribution >= 0.6 is 23.2 Å². The SMILES string of the molecule is O=C1C=CC(=O)N1[C](Cl)Cl. The highest BCUT2D eigenvalue weighted by atomic mass is 35.5. The Bertz CT molecular complexity index is 194. The molecule has 0 saturated heterocycles. The van der Waals surface area contributed by atoms with Gasteiger partial charge >= 0.3 is 0 Å². The number of carbonyl (C=O) groups is 2. The van der Waals surface area contributed by atoms with Crippen LogP contribution in [0.4, 0.5) is 0 Å².